The van der Waals surface area contributed by atoms with Gasteiger partial charge in [-0.1, -0.05) is 17.7 Å². The summed E-state index contributed by atoms with van der Waals surface area (Å²) < 4.78 is 15.0. The van der Waals surface area contributed by atoms with Gasteiger partial charge in [-0.15, -0.1) is 0 Å². The van der Waals surface area contributed by atoms with Gasteiger partial charge in [0.15, 0.2) is 5.75 Å². The number of benzene rings is 1. The third-order valence-corrected chi connectivity index (χ3v) is 5.38. The first kappa shape index (κ1) is 17.0. The van der Waals surface area contributed by atoms with Crippen LogP contribution in [0.25, 0.3) is 0 Å². The predicted molar refractivity (Wildman–Crippen MR) is 90.9 cm³/mol. The highest BCUT2D eigenvalue weighted by Gasteiger charge is 2.31. The minimum atomic E-state index is -0.638. The first-order valence-electron chi connectivity index (χ1n) is 7.14. The molecule has 0 fully saturated rings. The van der Waals surface area contributed by atoms with Gasteiger partial charge in [-0.3, -0.25) is 9.59 Å². The standard InChI is InChI=1S/C16H13BrClFN2O3/c1-20-14(17)9-4-5-21(15(23)12(9)13(22)16(20)24)7-8-2-3-11(19)10(18)6-8/h2-3,6,22H,4-5,7H2,1H3. The number of aromatic nitrogens is 1. The fourth-order valence-electron chi connectivity index (χ4n) is 2.78. The summed E-state index contributed by atoms with van der Waals surface area (Å²) in [6.07, 6.45) is 0.484. The maximum atomic E-state index is 13.2. The van der Waals surface area contributed by atoms with Gasteiger partial charge < -0.3 is 14.6 Å². The largest absolute Gasteiger partial charge is 0.502 e. The van der Waals surface area contributed by atoms with Crippen LogP contribution in [0.4, 0.5) is 4.39 Å². The molecule has 0 saturated carbocycles. The Balaban J connectivity index is 1.98. The molecule has 5 nitrogen and oxygen atoms in total. The van der Waals surface area contributed by atoms with Crippen molar-refractivity contribution >= 4 is 33.4 Å². The van der Waals surface area contributed by atoms with Crippen LogP contribution in [0.2, 0.25) is 5.02 Å². The van der Waals surface area contributed by atoms with Crippen molar-refractivity contribution in [3.63, 3.8) is 0 Å². The average Bonchev–Trinajstić information content (AvgIpc) is 2.56. The van der Waals surface area contributed by atoms with Gasteiger partial charge in [-0.05, 0) is 40.0 Å². The Hall–Kier alpha value is -1.86. The van der Waals surface area contributed by atoms with E-state index in [0.717, 1.165) is 0 Å². The summed E-state index contributed by atoms with van der Waals surface area (Å²) in [4.78, 5) is 26.2. The molecule has 0 saturated heterocycles. The molecule has 1 aromatic carbocycles. The monoisotopic (exact) mass is 414 g/mol. The predicted octanol–water partition coefficient (Wildman–Crippen LogP) is 2.84. The third-order valence-electron chi connectivity index (χ3n) is 4.08. The molecule has 0 radical (unpaired) electrons. The molecule has 0 bridgehead atoms. The quantitative estimate of drug-likeness (QED) is 0.767. The van der Waals surface area contributed by atoms with E-state index in [9.17, 15) is 19.1 Å². The van der Waals surface area contributed by atoms with E-state index in [0.29, 0.717) is 28.7 Å². The molecule has 1 aromatic heterocycles. The molecule has 0 spiro atoms. The van der Waals surface area contributed by atoms with Gasteiger partial charge in [0.1, 0.15) is 5.82 Å². The lowest BCUT2D eigenvalue weighted by molar-refractivity contribution is 0.0722. The van der Waals surface area contributed by atoms with Crippen LogP contribution in [0, 0.1) is 5.82 Å². The molecule has 0 atom stereocenters. The first-order valence-corrected chi connectivity index (χ1v) is 8.32. The van der Waals surface area contributed by atoms with Gasteiger partial charge >= 0.3 is 0 Å². The van der Waals surface area contributed by atoms with E-state index in [4.69, 9.17) is 11.6 Å². The molecule has 1 aliphatic heterocycles. The zero-order valence-corrected chi connectivity index (χ0v) is 15.0. The van der Waals surface area contributed by atoms with Crippen molar-refractivity contribution in [2.75, 3.05) is 6.54 Å². The number of rotatable bonds is 2. The Labute approximate surface area is 150 Å². The number of pyridine rings is 1. The molecule has 2 aromatic rings. The Morgan fingerprint density at radius 2 is 2.08 bits per heavy atom. The summed E-state index contributed by atoms with van der Waals surface area (Å²) in [5, 5.41) is 10.1. The van der Waals surface area contributed by atoms with Gasteiger partial charge in [0.25, 0.3) is 11.5 Å². The van der Waals surface area contributed by atoms with Crippen molar-refractivity contribution in [3.05, 3.63) is 60.7 Å². The highest BCUT2D eigenvalue weighted by molar-refractivity contribution is 9.10. The third kappa shape index (κ3) is 2.71. The van der Waals surface area contributed by atoms with E-state index in [1.54, 1.807) is 6.07 Å². The van der Waals surface area contributed by atoms with Crippen molar-refractivity contribution < 1.29 is 14.3 Å². The zero-order chi connectivity index (χ0) is 17.6. The van der Waals surface area contributed by atoms with Crippen LogP contribution in [0.3, 0.4) is 0 Å². The van der Waals surface area contributed by atoms with Gasteiger partial charge in [0.05, 0.1) is 15.2 Å². The molecule has 1 N–H and O–H groups in total. The number of aromatic hydroxyl groups is 1. The summed E-state index contributed by atoms with van der Waals surface area (Å²) in [5.41, 5.74) is 0.652. The van der Waals surface area contributed by atoms with Crippen LogP contribution in [-0.4, -0.2) is 27.0 Å². The molecule has 3 rings (SSSR count). The highest BCUT2D eigenvalue weighted by atomic mass is 79.9. The molecule has 0 unspecified atom stereocenters. The lowest BCUT2D eigenvalue weighted by atomic mass is 9.99. The maximum Gasteiger partial charge on any atom is 0.294 e. The second kappa shape index (κ2) is 6.22. The van der Waals surface area contributed by atoms with Crippen molar-refractivity contribution in [2.45, 2.75) is 13.0 Å². The molecular weight excluding hydrogens is 403 g/mol. The van der Waals surface area contributed by atoms with Gasteiger partial charge in [0.2, 0.25) is 0 Å². The van der Waals surface area contributed by atoms with Crippen LogP contribution < -0.4 is 5.56 Å². The van der Waals surface area contributed by atoms with E-state index in [1.165, 1.54) is 28.6 Å². The van der Waals surface area contributed by atoms with Crippen molar-refractivity contribution in [3.8, 4) is 5.75 Å². The zero-order valence-electron chi connectivity index (χ0n) is 12.6. The van der Waals surface area contributed by atoms with Crippen LogP contribution in [-0.2, 0) is 20.0 Å². The summed E-state index contributed by atoms with van der Waals surface area (Å²) >= 11 is 9.07. The van der Waals surface area contributed by atoms with E-state index < -0.39 is 23.0 Å². The average molecular weight is 416 g/mol. The van der Waals surface area contributed by atoms with Gasteiger partial charge in [0, 0.05) is 25.7 Å². The Morgan fingerprint density at radius 1 is 1.38 bits per heavy atom. The van der Waals surface area contributed by atoms with Crippen LogP contribution in [0.1, 0.15) is 21.5 Å². The molecule has 0 aliphatic carbocycles. The Morgan fingerprint density at radius 3 is 2.75 bits per heavy atom. The number of hydrogen-bond donors (Lipinski definition) is 1. The molecule has 1 amide bonds. The number of carbonyl (C=O) groups is 1. The van der Waals surface area contributed by atoms with E-state index in [2.05, 4.69) is 15.9 Å². The van der Waals surface area contributed by atoms with E-state index in [1.807, 2.05) is 0 Å². The molecule has 24 heavy (non-hydrogen) atoms. The highest BCUT2D eigenvalue weighted by Crippen LogP contribution is 2.31. The summed E-state index contributed by atoms with van der Waals surface area (Å²) in [5.74, 6) is -1.52. The summed E-state index contributed by atoms with van der Waals surface area (Å²) in [7, 11) is 1.52. The van der Waals surface area contributed by atoms with Crippen molar-refractivity contribution in [1.29, 1.82) is 0 Å². The van der Waals surface area contributed by atoms with E-state index >= 15 is 0 Å². The lowest BCUT2D eigenvalue weighted by Gasteiger charge is -2.30. The minimum absolute atomic E-state index is 0.0168. The number of carbonyl (C=O) groups excluding carboxylic acids is 1. The lowest BCUT2D eigenvalue weighted by Crippen LogP contribution is -2.39. The molecular formula is C16H13BrClFN2O3. The fraction of sp³-hybridized carbons (Fsp3) is 0.250. The van der Waals surface area contributed by atoms with Crippen LogP contribution >= 0.6 is 27.5 Å². The second-order valence-corrected chi connectivity index (χ2v) is 6.74. The normalized spacial score (nSPS) is 14.0. The van der Waals surface area contributed by atoms with Gasteiger partial charge in [-0.25, -0.2) is 4.39 Å². The Bertz CT molecular complexity index is 913. The molecule has 126 valence electrons. The number of amides is 1. The molecule has 1 aliphatic rings. The fourth-order valence-corrected chi connectivity index (χ4v) is 3.54. The summed E-state index contributed by atoms with van der Waals surface area (Å²) in [6.45, 7) is 0.627. The van der Waals surface area contributed by atoms with Gasteiger partial charge in [-0.2, -0.15) is 0 Å². The number of nitrogens with zero attached hydrogens (tertiary/aromatic N) is 2. The molecule has 2 heterocycles. The molecule has 8 heteroatoms. The minimum Gasteiger partial charge on any atom is -0.502 e. The maximum absolute atomic E-state index is 13.2. The second-order valence-electron chi connectivity index (χ2n) is 5.58. The SMILES string of the molecule is Cn1c(Br)c2c(c(O)c1=O)C(=O)N(Cc1ccc(F)c(Cl)c1)CC2. The van der Waals surface area contributed by atoms with Crippen LogP contribution in [0.5, 0.6) is 5.75 Å². The topological polar surface area (TPSA) is 62.5 Å². The number of hydrogen-bond acceptors (Lipinski definition) is 3. The van der Waals surface area contributed by atoms with Crippen LogP contribution in [0.15, 0.2) is 27.6 Å². The first-order chi connectivity index (χ1) is 11.3. The van der Waals surface area contributed by atoms with Crippen molar-refractivity contribution in [2.24, 2.45) is 7.05 Å². The van der Waals surface area contributed by atoms with Crippen molar-refractivity contribution in [1.82, 2.24) is 9.47 Å². The van der Waals surface area contributed by atoms with E-state index in [-0.39, 0.29) is 17.1 Å². The smallest absolute Gasteiger partial charge is 0.294 e. The number of halogens is 3. The summed E-state index contributed by atoms with van der Waals surface area (Å²) in [6, 6.07) is 4.24. The Kier molecular flexibility index (Phi) is 4.40. The number of fused-ring (bicyclic) bond motifs is 1.